The van der Waals surface area contributed by atoms with Gasteiger partial charge in [0.2, 0.25) is 0 Å². The van der Waals surface area contributed by atoms with E-state index in [2.05, 4.69) is 28.1 Å². The second kappa shape index (κ2) is 6.17. The zero-order valence-electron chi connectivity index (χ0n) is 11.7. The number of rotatable bonds is 3. The van der Waals surface area contributed by atoms with Gasteiger partial charge in [0.25, 0.3) is 0 Å². The topological polar surface area (TPSA) is 35.2 Å². The molecule has 4 heteroatoms. The van der Waals surface area contributed by atoms with Gasteiger partial charge in [-0.25, -0.2) is 0 Å². The summed E-state index contributed by atoms with van der Waals surface area (Å²) in [6.45, 7) is 4.05. The number of aryl methyl sites for hydroxylation is 2. The van der Waals surface area contributed by atoms with Crippen LogP contribution in [0.25, 0.3) is 0 Å². The summed E-state index contributed by atoms with van der Waals surface area (Å²) in [4.78, 5) is 0. The number of halogens is 2. The summed E-state index contributed by atoms with van der Waals surface area (Å²) in [5.41, 5.74) is 10.6. The molecule has 0 aliphatic heterocycles. The number of hydrogen-bond donors (Lipinski definition) is 1. The van der Waals surface area contributed by atoms with Gasteiger partial charge in [0.05, 0.1) is 13.2 Å². The van der Waals surface area contributed by atoms with Gasteiger partial charge in [-0.05, 0) is 48.2 Å². The Bertz CT molecular complexity index is 619. The highest BCUT2D eigenvalue weighted by Crippen LogP contribution is 2.32. The van der Waals surface area contributed by atoms with Crippen molar-refractivity contribution in [2.75, 3.05) is 7.11 Å². The molecule has 2 aromatic rings. The molecule has 0 radical (unpaired) electrons. The van der Waals surface area contributed by atoms with Crippen molar-refractivity contribution in [1.82, 2.24) is 0 Å². The van der Waals surface area contributed by atoms with Crippen LogP contribution in [0.5, 0.6) is 5.75 Å². The van der Waals surface area contributed by atoms with Gasteiger partial charge < -0.3 is 10.5 Å². The minimum absolute atomic E-state index is 0.204. The van der Waals surface area contributed by atoms with E-state index in [4.69, 9.17) is 22.1 Å². The Morgan fingerprint density at radius 1 is 1.15 bits per heavy atom. The lowest BCUT2D eigenvalue weighted by atomic mass is 9.96. The van der Waals surface area contributed by atoms with Crippen molar-refractivity contribution in [3.8, 4) is 5.75 Å². The Morgan fingerprint density at radius 3 is 2.25 bits per heavy atom. The Labute approximate surface area is 133 Å². The van der Waals surface area contributed by atoms with Gasteiger partial charge in [-0.3, -0.25) is 0 Å². The maximum Gasteiger partial charge on any atom is 0.124 e. The van der Waals surface area contributed by atoms with Crippen LogP contribution in [0, 0.1) is 13.8 Å². The third-order valence-corrected chi connectivity index (χ3v) is 4.27. The van der Waals surface area contributed by atoms with Crippen LogP contribution in [0.1, 0.15) is 28.3 Å². The fourth-order valence-corrected chi connectivity index (χ4v) is 3.35. The molecule has 20 heavy (non-hydrogen) atoms. The lowest BCUT2D eigenvalue weighted by molar-refractivity contribution is 0.408. The van der Waals surface area contributed by atoms with E-state index >= 15 is 0 Å². The molecule has 0 bridgehead atoms. The van der Waals surface area contributed by atoms with Crippen molar-refractivity contribution in [2.24, 2.45) is 5.73 Å². The second-order valence-corrected chi connectivity index (χ2v) is 6.12. The van der Waals surface area contributed by atoms with Crippen molar-refractivity contribution in [2.45, 2.75) is 19.9 Å². The fourth-order valence-electron chi connectivity index (χ4n) is 2.42. The highest BCUT2D eigenvalue weighted by atomic mass is 79.9. The standard InChI is InChI=1S/C16H17BrClNO/c1-9-6-11(7-10(2)16(9)20-3)15(19)13-5-4-12(18)8-14(13)17/h4-8,15H,19H2,1-3H3. The number of benzene rings is 2. The zero-order chi connectivity index (χ0) is 14.9. The van der Waals surface area contributed by atoms with Gasteiger partial charge in [-0.15, -0.1) is 0 Å². The van der Waals surface area contributed by atoms with E-state index < -0.39 is 0 Å². The van der Waals surface area contributed by atoms with Crippen LogP contribution in [0.4, 0.5) is 0 Å². The summed E-state index contributed by atoms with van der Waals surface area (Å²) in [7, 11) is 1.69. The monoisotopic (exact) mass is 353 g/mol. The third-order valence-electron chi connectivity index (χ3n) is 3.34. The van der Waals surface area contributed by atoms with Crippen molar-refractivity contribution < 1.29 is 4.74 Å². The number of methoxy groups -OCH3 is 1. The molecule has 2 nitrogen and oxygen atoms in total. The molecular formula is C16H17BrClNO. The molecule has 1 atom stereocenters. The molecule has 2 N–H and O–H groups in total. The Hall–Kier alpha value is -1.03. The van der Waals surface area contributed by atoms with Gasteiger partial charge >= 0.3 is 0 Å². The first-order chi connectivity index (χ1) is 9.43. The van der Waals surface area contributed by atoms with Crippen LogP contribution in [0.2, 0.25) is 5.02 Å². The molecule has 106 valence electrons. The zero-order valence-corrected chi connectivity index (χ0v) is 14.0. The molecule has 0 saturated carbocycles. The summed E-state index contributed by atoms with van der Waals surface area (Å²) in [5, 5.41) is 0.690. The van der Waals surface area contributed by atoms with E-state index in [0.717, 1.165) is 32.5 Å². The number of nitrogens with two attached hydrogens (primary N) is 1. The molecule has 0 aliphatic rings. The first-order valence-corrected chi connectivity index (χ1v) is 7.46. The minimum atomic E-state index is -0.204. The highest BCUT2D eigenvalue weighted by Gasteiger charge is 2.15. The molecule has 0 fully saturated rings. The van der Waals surface area contributed by atoms with Gasteiger partial charge in [-0.1, -0.05) is 45.7 Å². The summed E-state index contributed by atoms with van der Waals surface area (Å²) in [5.74, 6) is 0.913. The molecule has 0 aromatic heterocycles. The average Bonchev–Trinajstić information content (AvgIpc) is 2.37. The first kappa shape index (κ1) is 15.4. The quantitative estimate of drug-likeness (QED) is 0.861. The van der Waals surface area contributed by atoms with Crippen LogP contribution < -0.4 is 10.5 Å². The normalized spacial score (nSPS) is 12.3. The van der Waals surface area contributed by atoms with Crippen LogP contribution in [0.15, 0.2) is 34.8 Å². The molecule has 1 unspecified atom stereocenters. The smallest absolute Gasteiger partial charge is 0.124 e. The molecule has 0 spiro atoms. The third kappa shape index (κ3) is 3.00. The minimum Gasteiger partial charge on any atom is -0.496 e. The maximum absolute atomic E-state index is 6.38. The lowest BCUT2D eigenvalue weighted by Crippen LogP contribution is -2.13. The number of hydrogen-bond acceptors (Lipinski definition) is 2. The van der Waals surface area contributed by atoms with Crippen molar-refractivity contribution >= 4 is 27.5 Å². The van der Waals surface area contributed by atoms with Gasteiger partial charge in [0.15, 0.2) is 0 Å². The molecule has 0 saturated heterocycles. The Kier molecular flexibility index (Phi) is 4.74. The predicted octanol–water partition coefficient (Wildman–Crippen LogP) is 4.78. The average molecular weight is 355 g/mol. The Morgan fingerprint density at radius 2 is 1.75 bits per heavy atom. The van der Waals surface area contributed by atoms with Crippen molar-refractivity contribution in [1.29, 1.82) is 0 Å². The van der Waals surface area contributed by atoms with Crippen LogP contribution in [-0.4, -0.2) is 7.11 Å². The highest BCUT2D eigenvalue weighted by molar-refractivity contribution is 9.10. The van der Waals surface area contributed by atoms with E-state index in [1.807, 2.05) is 32.0 Å². The summed E-state index contributed by atoms with van der Waals surface area (Å²) < 4.78 is 6.31. The van der Waals surface area contributed by atoms with E-state index in [0.29, 0.717) is 5.02 Å². The molecule has 2 aromatic carbocycles. The summed E-state index contributed by atoms with van der Waals surface area (Å²) >= 11 is 9.49. The predicted molar refractivity (Wildman–Crippen MR) is 87.7 cm³/mol. The molecule has 0 amide bonds. The SMILES string of the molecule is COc1c(C)cc(C(N)c2ccc(Cl)cc2Br)cc1C. The molecule has 2 rings (SSSR count). The van der Waals surface area contributed by atoms with E-state index in [1.54, 1.807) is 7.11 Å². The molecule has 0 aliphatic carbocycles. The van der Waals surface area contributed by atoms with Crippen molar-refractivity contribution in [3.63, 3.8) is 0 Å². The Balaban J connectivity index is 2.45. The molecule has 0 heterocycles. The van der Waals surface area contributed by atoms with Gasteiger partial charge in [-0.2, -0.15) is 0 Å². The molecular weight excluding hydrogens is 338 g/mol. The van der Waals surface area contributed by atoms with Crippen LogP contribution >= 0.6 is 27.5 Å². The van der Waals surface area contributed by atoms with Crippen LogP contribution in [-0.2, 0) is 0 Å². The van der Waals surface area contributed by atoms with Crippen LogP contribution in [0.3, 0.4) is 0 Å². The lowest BCUT2D eigenvalue weighted by Gasteiger charge is -2.18. The van der Waals surface area contributed by atoms with E-state index in [-0.39, 0.29) is 6.04 Å². The summed E-state index contributed by atoms with van der Waals surface area (Å²) in [6.07, 6.45) is 0. The van der Waals surface area contributed by atoms with E-state index in [9.17, 15) is 0 Å². The second-order valence-electron chi connectivity index (χ2n) is 4.83. The fraction of sp³-hybridized carbons (Fsp3) is 0.250. The maximum atomic E-state index is 6.38. The van der Waals surface area contributed by atoms with Gasteiger partial charge in [0, 0.05) is 9.50 Å². The van der Waals surface area contributed by atoms with E-state index in [1.165, 1.54) is 0 Å². The van der Waals surface area contributed by atoms with Gasteiger partial charge in [0.1, 0.15) is 5.75 Å². The first-order valence-electron chi connectivity index (χ1n) is 6.29. The van der Waals surface area contributed by atoms with Crippen molar-refractivity contribution in [3.05, 3.63) is 62.1 Å². The largest absolute Gasteiger partial charge is 0.496 e. The summed E-state index contributed by atoms with van der Waals surface area (Å²) in [6, 6.07) is 9.59. The number of ether oxygens (including phenoxy) is 1.